The average Bonchev–Trinajstić information content (AvgIpc) is 3.04. The van der Waals surface area contributed by atoms with E-state index in [2.05, 4.69) is 12.2 Å². The topological polar surface area (TPSA) is 21.3 Å². The Bertz CT molecular complexity index is 349. The van der Waals surface area contributed by atoms with Crippen molar-refractivity contribution in [2.24, 2.45) is 5.92 Å². The highest BCUT2D eigenvalue weighted by molar-refractivity contribution is 6.33. The molecule has 0 bridgehead atoms. The van der Waals surface area contributed by atoms with Crippen molar-refractivity contribution < 1.29 is 4.74 Å². The maximum atomic E-state index is 6.10. The van der Waals surface area contributed by atoms with Crippen LogP contribution in [0.5, 0.6) is 5.75 Å². The lowest BCUT2D eigenvalue weighted by molar-refractivity contribution is 0.415. The van der Waals surface area contributed by atoms with E-state index in [1.165, 1.54) is 12.8 Å². The van der Waals surface area contributed by atoms with Crippen LogP contribution in [0.1, 0.15) is 19.8 Å². The second kappa shape index (κ2) is 4.31. The molecule has 1 aliphatic carbocycles. The van der Waals surface area contributed by atoms with Gasteiger partial charge in [0.05, 0.1) is 17.8 Å². The normalized spacial score (nSPS) is 17.3. The van der Waals surface area contributed by atoms with Crippen LogP contribution in [-0.2, 0) is 0 Å². The minimum Gasteiger partial charge on any atom is -0.497 e. The highest BCUT2D eigenvalue weighted by Gasteiger charge is 2.28. The van der Waals surface area contributed by atoms with Gasteiger partial charge < -0.3 is 10.1 Å². The Balaban J connectivity index is 2.11. The van der Waals surface area contributed by atoms with Gasteiger partial charge in [-0.15, -0.1) is 0 Å². The number of methoxy groups -OCH3 is 1. The minimum atomic E-state index is 0.495. The molecule has 0 heterocycles. The van der Waals surface area contributed by atoms with Gasteiger partial charge in [-0.25, -0.2) is 0 Å². The Labute approximate surface area is 95.6 Å². The molecule has 0 radical (unpaired) electrons. The van der Waals surface area contributed by atoms with Crippen LogP contribution in [0.4, 0.5) is 5.69 Å². The Morgan fingerprint density at radius 2 is 2.20 bits per heavy atom. The molecule has 0 saturated heterocycles. The molecule has 1 atom stereocenters. The van der Waals surface area contributed by atoms with Crippen LogP contribution in [-0.4, -0.2) is 13.2 Å². The van der Waals surface area contributed by atoms with Crippen LogP contribution < -0.4 is 10.1 Å². The number of hydrogen-bond acceptors (Lipinski definition) is 2. The summed E-state index contributed by atoms with van der Waals surface area (Å²) < 4.78 is 5.17. The molecule has 2 rings (SSSR count). The van der Waals surface area contributed by atoms with Crippen LogP contribution >= 0.6 is 11.6 Å². The van der Waals surface area contributed by atoms with E-state index in [4.69, 9.17) is 16.3 Å². The summed E-state index contributed by atoms with van der Waals surface area (Å²) in [6.07, 6.45) is 2.66. The minimum absolute atomic E-state index is 0.495. The van der Waals surface area contributed by atoms with Crippen LogP contribution in [0.2, 0.25) is 5.02 Å². The fourth-order valence-corrected chi connectivity index (χ4v) is 1.87. The van der Waals surface area contributed by atoms with E-state index in [-0.39, 0.29) is 0 Å². The Morgan fingerprint density at radius 1 is 1.47 bits per heavy atom. The monoisotopic (exact) mass is 225 g/mol. The largest absolute Gasteiger partial charge is 0.497 e. The first-order valence-electron chi connectivity index (χ1n) is 5.31. The standard InChI is InChI=1S/C12H16ClNO/c1-8(9-3-4-9)14-12-7-10(15-2)5-6-11(12)13/h5-9,14H,3-4H2,1-2H3. The van der Waals surface area contributed by atoms with Crippen LogP contribution in [0.15, 0.2) is 18.2 Å². The zero-order chi connectivity index (χ0) is 10.8. The van der Waals surface area contributed by atoms with Crippen molar-refractivity contribution in [3.8, 4) is 5.75 Å². The lowest BCUT2D eigenvalue weighted by Gasteiger charge is -2.16. The zero-order valence-corrected chi connectivity index (χ0v) is 9.84. The van der Waals surface area contributed by atoms with Gasteiger partial charge in [0.2, 0.25) is 0 Å². The van der Waals surface area contributed by atoms with Crippen molar-refractivity contribution >= 4 is 17.3 Å². The van der Waals surface area contributed by atoms with E-state index in [1.54, 1.807) is 7.11 Å². The molecule has 2 nitrogen and oxygen atoms in total. The summed E-state index contributed by atoms with van der Waals surface area (Å²) in [5.41, 5.74) is 0.968. The van der Waals surface area contributed by atoms with E-state index >= 15 is 0 Å². The lowest BCUT2D eigenvalue weighted by atomic mass is 10.2. The maximum absolute atomic E-state index is 6.10. The number of hydrogen-bond donors (Lipinski definition) is 1. The highest BCUT2D eigenvalue weighted by Crippen LogP contribution is 2.35. The molecule has 1 aliphatic rings. The third-order valence-electron chi connectivity index (χ3n) is 2.89. The molecule has 82 valence electrons. The molecular weight excluding hydrogens is 210 g/mol. The molecule has 0 spiro atoms. The molecule has 0 aromatic heterocycles. The smallest absolute Gasteiger partial charge is 0.121 e. The van der Waals surface area contributed by atoms with Gasteiger partial charge in [-0.1, -0.05) is 11.6 Å². The number of halogens is 1. The predicted molar refractivity (Wildman–Crippen MR) is 63.8 cm³/mol. The number of anilines is 1. The van der Waals surface area contributed by atoms with Gasteiger partial charge >= 0.3 is 0 Å². The fraction of sp³-hybridized carbons (Fsp3) is 0.500. The molecule has 1 saturated carbocycles. The quantitative estimate of drug-likeness (QED) is 0.846. The summed E-state index contributed by atoms with van der Waals surface area (Å²) in [4.78, 5) is 0. The zero-order valence-electron chi connectivity index (χ0n) is 9.09. The molecule has 1 fully saturated rings. The second-order valence-electron chi connectivity index (χ2n) is 4.12. The molecule has 15 heavy (non-hydrogen) atoms. The molecule has 0 aliphatic heterocycles. The summed E-state index contributed by atoms with van der Waals surface area (Å²) in [6.45, 7) is 2.20. The van der Waals surface area contributed by atoms with Gasteiger partial charge in [-0.2, -0.15) is 0 Å². The van der Waals surface area contributed by atoms with E-state index in [0.29, 0.717) is 6.04 Å². The number of rotatable bonds is 4. The maximum Gasteiger partial charge on any atom is 0.121 e. The number of nitrogens with one attached hydrogen (secondary N) is 1. The number of ether oxygens (including phenoxy) is 1. The van der Waals surface area contributed by atoms with Gasteiger partial charge in [0.15, 0.2) is 0 Å². The van der Waals surface area contributed by atoms with Gasteiger partial charge in [0, 0.05) is 12.1 Å². The summed E-state index contributed by atoms with van der Waals surface area (Å²) in [5, 5.41) is 4.19. The Kier molecular flexibility index (Phi) is 3.06. The van der Waals surface area contributed by atoms with Crippen molar-refractivity contribution in [1.82, 2.24) is 0 Å². The Morgan fingerprint density at radius 3 is 2.80 bits per heavy atom. The molecule has 0 amide bonds. The second-order valence-corrected chi connectivity index (χ2v) is 4.52. The van der Waals surface area contributed by atoms with Crippen molar-refractivity contribution in [3.63, 3.8) is 0 Å². The predicted octanol–water partition coefficient (Wildman–Crippen LogP) is 3.56. The summed E-state index contributed by atoms with van der Waals surface area (Å²) >= 11 is 6.10. The van der Waals surface area contributed by atoms with Crippen molar-refractivity contribution in [2.75, 3.05) is 12.4 Å². The SMILES string of the molecule is COc1ccc(Cl)c(NC(C)C2CC2)c1. The van der Waals surface area contributed by atoms with Gasteiger partial charge in [-0.3, -0.25) is 0 Å². The third kappa shape index (κ3) is 2.57. The van der Waals surface area contributed by atoms with Gasteiger partial charge in [-0.05, 0) is 37.8 Å². The molecular formula is C12H16ClNO. The van der Waals surface area contributed by atoms with Crippen molar-refractivity contribution in [1.29, 1.82) is 0 Å². The van der Waals surface area contributed by atoms with E-state index in [0.717, 1.165) is 22.4 Å². The average molecular weight is 226 g/mol. The van der Waals surface area contributed by atoms with Crippen molar-refractivity contribution in [3.05, 3.63) is 23.2 Å². The van der Waals surface area contributed by atoms with E-state index in [1.807, 2.05) is 18.2 Å². The third-order valence-corrected chi connectivity index (χ3v) is 3.22. The van der Waals surface area contributed by atoms with Crippen LogP contribution in [0.3, 0.4) is 0 Å². The molecule has 3 heteroatoms. The highest BCUT2D eigenvalue weighted by atomic mass is 35.5. The molecule has 1 aromatic carbocycles. The van der Waals surface area contributed by atoms with Crippen LogP contribution in [0.25, 0.3) is 0 Å². The molecule has 1 unspecified atom stereocenters. The summed E-state index contributed by atoms with van der Waals surface area (Å²) in [5.74, 6) is 1.65. The van der Waals surface area contributed by atoms with E-state index in [9.17, 15) is 0 Å². The number of benzene rings is 1. The summed E-state index contributed by atoms with van der Waals surface area (Å²) in [6, 6.07) is 6.17. The van der Waals surface area contributed by atoms with E-state index < -0.39 is 0 Å². The van der Waals surface area contributed by atoms with Gasteiger partial charge in [0.25, 0.3) is 0 Å². The van der Waals surface area contributed by atoms with Gasteiger partial charge in [0.1, 0.15) is 5.75 Å². The lowest BCUT2D eigenvalue weighted by Crippen LogP contribution is -2.17. The summed E-state index contributed by atoms with van der Waals surface area (Å²) in [7, 11) is 1.66. The fourth-order valence-electron chi connectivity index (χ4n) is 1.70. The molecule has 1 N–H and O–H groups in total. The Hall–Kier alpha value is -0.890. The first-order valence-corrected chi connectivity index (χ1v) is 5.68. The van der Waals surface area contributed by atoms with Crippen LogP contribution in [0, 0.1) is 5.92 Å². The first-order chi connectivity index (χ1) is 7.20. The molecule has 1 aromatic rings. The van der Waals surface area contributed by atoms with Crippen molar-refractivity contribution in [2.45, 2.75) is 25.8 Å². The first kappa shape index (κ1) is 10.6.